The van der Waals surface area contributed by atoms with Gasteiger partial charge >= 0.3 is 5.97 Å². The topological polar surface area (TPSA) is 247 Å². The smallest absolute Gasteiger partial charge is 0.335 e. The van der Waals surface area contributed by atoms with Crippen LogP contribution >= 0.6 is 21.6 Å². The van der Waals surface area contributed by atoms with E-state index in [4.69, 9.17) is 24.4 Å². The zero-order chi connectivity index (χ0) is 46.8. The van der Waals surface area contributed by atoms with E-state index in [-0.39, 0.29) is 69.8 Å². The van der Waals surface area contributed by atoms with Crippen LogP contribution in [0.15, 0.2) is 113 Å². The highest BCUT2D eigenvalue weighted by molar-refractivity contribution is 8.76. The minimum Gasteiger partial charge on any atom is -0.508 e. The first-order chi connectivity index (χ1) is 32.4. The molecule has 15 nitrogen and oxygen atoms in total. The van der Waals surface area contributed by atoms with Crippen LogP contribution in [0, 0.1) is 23.7 Å². The van der Waals surface area contributed by atoms with Crippen LogP contribution in [0.1, 0.15) is 64.8 Å². The van der Waals surface area contributed by atoms with Crippen LogP contribution in [0.3, 0.4) is 0 Å². The largest absolute Gasteiger partial charge is 0.508 e. The number of nitrogens with two attached hydrogens (primary N) is 1. The summed E-state index contributed by atoms with van der Waals surface area (Å²) in [6.07, 6.45) is 3.59. The SMILES string of the molecule is NC(=O)c1oc2cc(OC3OC(C(=O)O)C(O)C4OCSSCC(c5cc[nH]c5)C(C5CC#CCCC6C=CC(=CC5)c5ccccc56)CNC(O)C34O)ccc2c(=O)c1-c1ccc(O)cc1. The molecule has 0 saturated carbocycles. The number of aromatic amines is 1. The summed E-state index contributed by atoms with van der Waals surface area (Å²) in [7, 11) is 2.83. The Morgan fingerprint density at radius 2 is 1.84 bits per heavy atom. The van der Waals surface area contributed by atoms with Crippen LogP contribution in [-0.2, 0) is 14.3 Å². The zero-order valence-corrected chi connectivity index (χ0v) is 37.6. The first-order valence-electron chi connectivity index (χ1n) is 21.9. The third-order valence-electron chi connectivity index (χ3n) is 13.1. The van der Waals surface area contributed by atoms with Crippen LogP contribution in [0.4, 0.5) is 0 Å². The molecule has 17 heteroatoms. The van der Waals surface area contributed by atoms with Crippen molar-refractivity contribution in [3.63, 3.8) is 0 Å². The highest BCUT2D eigenvalue weighted by Gasteiger charge is 2.63. The van der Waals surface area contributed by atoms with E-state index in [1.165, 1.54) is 75.2 Å². The van der Waals surface area contributed by atoms with Crippen molar-refractivity contribution in [2.45, 2.75) is 73.9 Å². The molecule has 0 spiro atoms. The van der Waals surface area contributed by atoms with Gasteiger partial charge in [-0.3, -0.25) is 14.9 Å². The van der Waals surface area contributed by atoms with Crippen LogP contribution in [-0.4, -0.2) is 97.1 Å². The van der Waals surface area contributed by atoms with Gasteiger partial charge in [0.05, 0.1) is 10.9 Å². The fourth-order valence-corrected chi connectivity index (χ4v) is 11.7. The van der Waals surface area contributed by atoms with Gasteiger partial charge in [-0.15, -0.1) is 11.8 Å². The lowest BCUT2D eigenvalue weighted by Crippen LogP contribution is -2.75. The van der Waals surface area contributed by atoms with Gasteiger partial charge < -0.3 is 54.9 Å². The van der Waals surface area contributed by atoms with E-state index in [1.807, 2.05) is 18.5 Å². The molecular formula is C50H49N3O12S2. The number of allylic oxidation sites excluding steroid dienone is 4. The number of carboxylic acid groups (broad SMARTS) is 1. The van der Waals surface area contributed by atoms with Gasteiger partial charge in [0, 0.05) is 49.5 Å². The summed E-state index contributed by atoms with van der Waals surface area (Å²) >= 11 is 0. The zero-order valence-electron chi connectivity index (χ0n) is 35.9. The first kappa shape index (κ1) is 46.3. The van der Waals surface area contributed by atoms with Crippen LogP contribution in [0.25, 0.3) is 27.7 Å². The van der Waals surface area contributed by atoms with Gasteiger partial charge in [0.15, 0.2) is 11.7 Å². The minimum absolute atomic E-state index is 0.00830. The third kappa shape index (κ3) is 9.28. The van der Waals surface area contributed by atoms with Crippen LogP contribution in [0.2, 0.25) is 0 Å². The number of benzene rings is 3. The van der Waals surface area contributed by atoms with Crippen molar-refractivity contribution in [3.05, 3.63) is 136 Å². The van der Waals surface area contributed by atoms with E-state index in [2.05, 4.69) is 64.6 Å². The van der Waals surface area contributed by atoms with Gasteiger partial charge in [0.2, 0.25) is 17.5 Å². The molecule has 67 heavy (non-hydrogen) atoms. The molecule has 9 N–H and O–H groups in total. The second-order valence-electron chi connectivity index (χ2n) is 17.1. The monoisotopic (exact) mass is 947 g/mol. The van der Waals surface area contributed by atoms with Gasteiger partial charge in [0.25, 0.3) is 5.91 Å². The highest BCUT2D eigenvalue weighted by Crippen LogP contribution is 2.44. The molecule has 0 radical (unpaired) electrons. The quantitative estimate of drug-likeness (QED) is 0.0705. The van der Waals surface area contributed by atoms with Crippen molar-refractivity contribution >= 4 is 50.0 Å². The molecule has 4 heterocycles. The number of aromatic nitrogens is 1. The molecule has 2 aliphatic heterocycles. The summed E-state index contributed by atoms with van der Waals surface area (Å²) in [6, 6.07) is 19.9. The minimum atomic E-state index is -2.69. The lowest BCUT2D eigenvalue weighted by molar-refractivity contribution is -0.342. The number of carboxylic acids is 1. The van der Waals surface area contributed by atoms with Gasteiger partial charge in [-0.25, -0.2) is 4.79 Å². The number of aliphatic hydroxyl groups is 3. The second-order valence-corrected chi connectivity index (χ2v) is 19.5. The Hall–Kier alpha value is -5.81. The fraction of sp³-hybridized carbons (Fsp3) is 0.340. The number of phenols is 1. The number of ether oxygens (including phenoxy) is 3. The standard InChI is InChI=1S/C50H49N3O12S2/c51-46(57)43-40(30-14-16-32(54)17-15-30)41(55)36-19-18-33(22-39(36)64-43)63-49-50(61)45(42(56)44(65-49)47(58)59)62-26-67-66-25-38(31-20-21-52-23-31)37(24-53-48(50)60)28-7-3-1-2-6-27-10-12-29(13-11-28)35-9-5-4-8-34(27)35/h4-5,8-10,12-23,27-28,37-38,42,44-45,48-49,52-54,56,60-61H,2,6-7,11,24-26H2,(H2,51,57)(H,58,59). The Morgan fingerprint density at radius 3 is 2.61 bits per heavy atom. The van der Waals surface area contributed by atoms with Gasteiger partial charge in [-0.1, -0.05) is 76.2 Å². The summed E-state index contributed by atoms with van der Waals surface area (Å²) in [5.41, 5.74) is 6.97. The molecular weight excluding hydrogens is 899 g/mol. The molecule has 2 saturated heterocycles. The number of aliphatic carboxylic acids is 1. The van der Waals surface area contributed by atoms with Gasteiger partial charge in [0.1, 0.15) is 41.5 Å². The summed E-state index contributed by atoms with van der Waals surface area (Å²) < 4.78 is 24.0. The summed E-state index contributed by atoms with van der Waals surface area (Å²) in [6.45, 7) is 0.118. The Kier molecular flexibility index (Phi) is 13.7. The van der Waals surface area contributed by atoms with Crippen LogP contribution in [0.5, 0.6) is 11.5 Å². The number of rotatable bonds is 7. The summed E-state index contributed by atoms with van der Waals surface area (Å²) in [4.78, 5) is 42.3. The summed E-state index contributed by atoms with van der Waals surface area (Å²) in [5.74, 6) is 3.98. The number of aliphatic hydroxyl groups excluding tert-OH is 2. The maximum atomic E-state index is 13.9. The molecule has 10 unspecified atom stereocenters. The number of aromatic hydroxyl groups is 1. The maximum absolute atomic E-state index is 13.9. The lowest BCUT2D eigenvalue weighted by Gasteiger charge is -2.50. The van der Waals surface area contributed by atoms with Crippen LogP contribution < -0.4 is 21.2 Å². The molecule has 10 atom stereocenters. The number of primary amides is 1. The van der Waals surface area contributed by atoms with E-state index in [1.54, 1.807) is 0 Å². The van der Waals surface area contributed by atoms with E-state index in [0.29, 0.717) is 18.6 Å². The average molecular weight is 948 g/mol. The molecule has 2 bridgehead atoms. The predicted octanol–water partition coefficient (Wildman–Crippen LogP) is 5.85. The number of H-pyrrole nitrogens is 1. The Bertz CT molecular complexity index is 2820. The van der Waals surface area contributed by atoms with E-state index in [0.717, 1.165) is 24.0 Å². The summed E-state index contributed by atoms with van der Waals surface area (Å²) in [5, 5.41) is 59.9. The second kappa shape index (κ2) is 19.8. The number of carbonyl (C=O) groups excluding carboxylic acids is 1. The number of hydrogen-bond donors (Lipinski definition) is 8. The van der Waals surface area contributed by atoms with Gasteiger partial charge in [-0.05, 0) is 88.8 Å². The Labute approximate surface area is 392 Å². The van der Waals surface area contributed by atoms with Crippen molar-refractivity contribution < 1.29 is 53.7 Å². The number of fused-ring (bicyclic) bond motifs is 8. The van der Waals surface area contributed by atoms with Gasteiger partial charge in [-0.2, -0.15) is 0 Å². The van der Waals surface area contributed by atoms with E-state index in [9.17, 15) is 39.9 Å². The van der Waals surface area contributed by atoms with E-state index < -0.39 is 59.5 Å². The van der Waals surface area contributed by atoms with Crippen molar-refractivity contribution in [3.8, 4) is 34.5 Å². The molecule has 1 amide bonds. The fourth-order valence-electron chi connectivity index (χ4n) is 9.64. The van der Waals surface area contributed by atoms with Crippen molar-refractivity contribution in [2.75, 3.05) is 18.2 Å². The normalized spacial score (nSPS) is 29.0. The number of nitrogens with one attached hydrogen (secondary N) is 2. The molecule has 348 valence electrons. The van der Waals surface area contributed by atoms with E-state index >= 15 is 0 Å². The average Bonchev–Trinajstić information content (AvgIpc) is 3.85. The number of hydrogen-bond acceptors (Lipinski definition) is 14. The lowest BCUT2D eigenvalue weighted by atomic mass is 9.75. The Balaban J connectivity index is 1.08. The number of phenolic OH excluding ortho intramolecular Hbond substituents is 1. The molecule has 2 fully saturated rings. The maximum Gasteiger partial charge on any atom is 0.335 e. The molecule has 3 aliphatic carbocycles. The number of amides is 1. The van der Waals surface area contributed by atoms with Crippen molar-refractivity contribution in [2.24, 2.45) is 17.6 Å². The molecule has 10 rings (SSSR count). The van der Waals surface area contributed by atoms with Crippen molar-refractivity contribution in [1.82, 2.24) is 10.3 Å². The van der Waals surface area contributed by atoms with Crippen molar-refractivity contribution in [1.29, 1.82) is 0 Å². The molecule has 3 aromatic carbocycles. The Morgan fingerprint density at radius 1 is 1.01 bits per heavy atom. The molecule has 2 aromatic heterocycles. The third-order valence-corrected chi connectivity index (χ3v) is 15.2. The number of carbonyl (C=O) groups is 2. The molecule has 5 aromatic rings. The first-order valence-corrected chi connectivity index (χ1v) is 24.4. The highest BCUT2D eigenvalue weighted by atomic mass is 33.1. The predicted molar refractivity (Wildman–Crippen MR) is 253 cm³/mol. The molecule has 5 aliphatic rings.